The Morgan fingerprint density at radius 3 is 2.42 bits per heavy atom. The number of para-hydroxylation sites is 1. The summed E-state index contributed by atoms with van der Waals surface area (Å²) in [6.07, 6.45) is 6.11. The van der Waals surface area contributed by atoms with Gasteiger partial charge in [0.25, 0.3) is 0 Å². The third-order valence-corrected chi connectivity index (χ3v) is 5.40. The summed E-state index contributed by atoms with van der Waals surface area (Å²) in [6.45, 7) is 3.32. The van der Waals surface area contributed by atoms with Crippen LogP contribution in [0.5, 0.6) is 5.75 Å². The number of rotatable bonds is 6. The minimum atomic E-state index is 0. The summed E-state index contributed by atoms with van der Waals surface area (Å²) in [5.41, 5.74) is 1.27. The number of hydrogen-bond donors (Lipinski definition) is 1. The van der Waals surface area contributed by atoms with Crippen LogP contribution in [0.2, 0.25) is 0 Å². The van der Waals surface area contributed by atoms with E-state index in [9.17, 15) is 0 Å². The normalized spacial score (nSPS) is 14.7. The van der Waals surface area contributed by atoms with Crippen LogP contribution in [0.3, 0.4) is 0 Å². The van der Waals surface area contributed by atoms with Gasteiger partial charge in [0.15, 0.2) is 5.96 Å². The van der Waals surface area contributed by atoms with Gasteiger partial charge in [0, 0.05) is 51.9 Å². The maximum atomic E-state index is 6.11. The van der Waals surface area contributed by atoms with Crippen molar-refractivity contribution in [2.75, 3.05) is 20.1 Å². The van der Waals surface area contributed by atoms with Crippen LogP contribution in [0, 0.1) is 0 Å². The lowest BCUT2D eigenvalue weighted by Crippen LogP contribution is -2.47. The van der Waals surface area contributed by atoms with Gasteiger partial charge in [-0.05, 0) is 17.7 Å². The highest BCUT2D eigenvalue weighted by atomic mass is 127. The molecule has 4 rings (SSSR count). The lowest BCUT2D eigenvalue weighted by Gasteiger charge is -2.34. The van der Waals surface area contributed by atoms with E-state index in [1.807, 2.05) is 55.8 Å². The van der Waals surface area contributed by atoms with Crippen LogP contribution in [-0.2, 0) is 13.1 Å². The first-order chi connectivity index (χ1) is 14.8. The molecule has 1 fully saturated rings. The molecule has 3 aromatic rings. The summed E-state index contributed by atoms with van der Waals surface area (Å²) in [5, 5.41) is 3.48. The predicted octanol–water partition coefficient (Wildman–Crippen LogP) is 4.17. The molecule has 2 aromatic carbocycles. The quantitative estimate of drug-likeness (QED) is 0.295. The van der Waals surface area contributed by atoms with Crippen molar-refractivity contribution in [1.29, 1.82) is 0 Å². The number of halogens is 1. The Bertz CT molecular complexity index is 937. The molecule has 0 aliphatic carbocycles. The molecule has 1 aliphatic rings. The first-order valence-corrected chi connectivity index (χ1v) is 10.5. The first kappa shape index (κ1) is 23.1. The van der Waals surface area contributed by atoms with Gasteiger partial charge in [0.2, 0.25) is 0 Å². The second-order valence-corrected chi connectivity index (χ2v) is 7.48. The number of aliphatic imine (C=N–C) groups is 1. The molecule has 0 spiro atoms. The Kier molecular flexibility index (Phi) is 8.75. The number of imidazole rings is 1. The SMILES string of the molecule is CN=C(NCc1nccn1Cc1ccccc1)N1CCC(Oc2ccccc2)CC1.I. The fourth-order valence-corrected chi connectivity index (χ4v) is 3.80. The van der Waals surface area contributed by atoms with Crippen molar-refractivity contribution in [2.24, 2.45) is 4.99 Å². The molecule has 0 unspecified atom stereocenters. The van der Waals surface area contributed by atoms with Crippen molar-refractivity contribution >= 4 is 29.9 Å². The number of likely N-dealkylation sites (tertiary alicyclic amines) is 1. The van der Waals surface area contributed by atoms with Crippen molar-refractivity contribution in [3.8, 4) is 5.75 Å². The maximum absolute atomic E-state index is 6.11. The van der Waals surface area contributed by atoms with Crippen molar-refractivity contribution in [2.45, 2.75) is 32.0 Å². The Morgan fingerprint density at radius 2 is 1.74 bits per heavy atom. The van der Waals surface area contributed by atoms with Gasteiger partial charge in [-0.15, -0.1) is 24.0 Å². The van der Waals surface area contributed by atoms with Gasteiger partial charge < -0.3 is 19.5 Å². The topological polar surface area (TPSA) is 54.7 Å². The van der Waals surface area contributed by atoms with E-state index in [2.05, 4.69) is 49.0 Å². The fourth-order valence-electron chi connectivity index (χ4n) is 3.80. The van der Waals surface area contributed by atoms with Crippen molar-refractivity contribution in [1.82, 2.24) is 19.8 Å². The molecule has 1 aromatic heterocycles. The van der Waals surface area contributed by atoms with Crippen LogP contribution in [0.4, 0.5) is 0 Å². The summed E-state index contributed by atoms with van der Waals surface area (Å²) in [7, 11) is 1.84. The number of nitrogens with one attached hydrogen (secondary N) is 1. The number of aromatic nitrogens is 2. The maximum Gasteiger partial charge on any atom is 0.194 e. The summed E-state index contributed by atoms with van der Waals surface area (Å²) >= 11 is 0. The fraction of sp³-hybridized carbons (Fsp3) is 0.333. The van der Waals surface area contributed by atoms with Crippen molar-refractivity contribution in [3.63, 3.8) is 0 Å². The molecule has 31 heavy (non-hydrogen) atoms. The third-order valence-electron chi connectivity index (χ3n) is 5.40. The molecule has 1 saturated heterocycles. The largest absolute Gasteiger partial charge is 0.490 e. The molecule has 164 valence electrons. The lowest BCUT2D eigenvalue weighted by atomic mass is 10.1. The van der Waals surface area contributed by atoms with Crippen molar-refractivity contribution in [3.05, 3.63) is 84.4 Å². The van der Waals surface area contributed by atoms with Crippen LogP contribution in [-0.4, -0.2) is 46.7 Å². The number of nitrogens with zero attached hydrogens (tertiary/aromatic N) is 4. The monoisotopic (exact) mass is 531 g/mol. The van der Waals surface area contributed by atoms with E-state index in [4.69, 9.17) is 4.74 Å². The molecule has 2 heterocycles. The molecule has 1 N–H and O–H groups in total. The van der Waals surface area contributed by atoms with E-state index < -0.39 is 0 Å². The number of ether oxygens (including phenoxy) is 1. The number of piperidine rings is 1. The molecule has 0 atom stereocenters. The zero-order valence-corrected chi connectivity index (χ0v) is 20.2. The number of hydrogen-bond acceptors (Lipinski definition) is 3. The van der Waals surface area contributed by atoms with Gasteiger partial charge in [-0.25, -0.2) is 4.98 Å². The Balaban J connectivity index is 0.00000272. The van der Waals surface area contributed by atoms with Crippen LogP contribution in [0.15, 0.2) is 78.0 Å². The summed E-state index contributed by atoms with van der Waals surface area (Å²) < 4.78 is 8.28. The van der Waals surface area contributed by atoms with Crippen molar-refractivity contribution < 1.29 is 4.74 Å². The van der Waals surface area contributed by atoms with Crippen LogP contribution < -0.4 is 10.1 Å². The molecule has 0 bridgehead atoms. The zero-order chi connectivity index (χ0) is 20.6. The highest BCUT2D eigenvalue weighted by Crippen LogP contribution is 2.18. The highest BCUT2D eigenvalue weighted by Gasteiger charge is 2.22. The van der Waals surface area contributed by atoms with Crippen LogP contribution in [0.1, 0.15) is 24.2 Å². The van der Waals surface area contributed by atoms with Gasteiger partial charge in [0.05, 0.1) is 6.54 Å². The molecule has 1 aliphatic heterocycles. The third kappa shape index (κ3) is 6.46. The van der Waals surface area contributed by atoms with Gasteiger partial charge in [-0.3, -0.25) is 4.99 Å². The average molecular weight is 531 g/mol. The Hall–Kier alpha value is -2.55. The lowest BCUT2D eigenvalue weighted by molar-refractivity contribution is 0.129. The van der Waals surface area contributed by atoms with Crippen LogP contribution in [0.25, 0.3) is 0 Å². The number of guanidine groups is 1. The van der Waals surface area contributed by atoms with Gasteiger partial charge in [0.1, 0.15) is 17.7 Å². The van der Waals surface area contributed by atoms with E-state index >= 15 is 0 Å². The summed E-state index contributed by atoms with van der Waals surface area (Å²) in [6, 6.07) is 20.5. The van der Waals surface area contributed by atoms with Gasteiger partial charge >= 0.3 is 0 Å². The summed E-state index contributed by atoms with van der Waals surface area (Å²) in [5.74, 6) is 2.87. The Morgan fingerprint density at radius 1 is 1.06 bits per heavy atom. The zero-order valence-electron chi connectivity index (χ0n) is 17.9. The molecule has 0 saturated carbocycles. The molecule has 0 amide bonds. The molecule has 7 heteroatoms. The Labute approximate surface area is 201 Å². The van der Waals surface area contributed by atoms with Gasteiger partial charge in [-0.1, -0.05) is 48.5 Å². The van der Waals surface area contributed by atoms with Crippen LogP contribution >= 0.6 is 24.0 Å². The standard InChI is InChI=1S/C24H29N5O.HI/c1-25-24(28-15-12-22(13-16-28)30-21-10-6-3-7-11-21)27-18-23-26-14-17-29(23)19-20-8-4-2-5-9-20;/h2-11,14,17,22H,12-13,15-16,18-19H2,1H3,(H,25,27);1H. The van der Waals surface area contributed by atoms with E-state index in [0.29, 0.717) is 6.54 Å². The smallest absolute Gasteiger partial charge is 0.194 e. The summed E-state index contributed by atoms with van der Waals surface area (Å²) in [4.78, 5) is 11.3. The minimum Gasteiger partial charge on any atom is -0.490 e. The van der Waals surface area contributed by atoms with E-state index in [0.717, 1.165) is 50.0 Å². The molecule has 0 radical (unpaired) electrons. The highest BCUT2D eigenvalue weighted by molar-refractivity contribution is 14.0. The molecular weight excluding hydrogens is 501 g/mol. The second-order valence-electron chi connectivity index (χ2n) is 7.48. The molecule has 6 nitrogen and oxygen atoms in total. The number of benzene rings is 2. The average Bonchev–Trinajstić information content (AvgIpc) is 3.23. The van der Waals surface area contributed by atoms with E-state index in [1.54, 1.807) is 0 Å². The first-order valence-electron chi connectivity index (χ1n) is 10.5. The van der Waals surface area contributed by atoms with Gasteiger partial charge in [-0.2, -0.15) is 0 Å². The molecular formula is C24H30IN5O. The van der Waals surface area contributed by atoms with E-state index in [-0.39, 0.29) is 30.1 Å². The van der Waals surface area contributed by atoms with E-state index in [1.165, 1.54) is 5.56 Å². The second kappa shape index (κ2) is 11.7. The minimum absolute atomic E-state index is 0. The predicted molar refractivity (Wildman–Crippen MR) is 135 cm³/mol.